The van der Waals surface area contributed by atoms with Gasteiger partial charge in [0, 0.05) is 49.4 Å². The lowest BCUT2D eigenvalue weighted by Gasteiger charge is -2.42. The van der Waals surface area contributed by atoms with Crippen LogP contribution in [0.25, 0.3) is 11.0 Å². The Hall–Kier alpha value is -3.89. The Bertz CT molecular complexity index is 1950. The average Bonchev–Trinajstić information content (AvgIpc) is 3.50. The van der Waals surface area contributed by atoms with E-state index >= 15 is 8.78 Å². The van der Waals surface area contributed by atoms with Gasteiger partial charge >= 0.3 is 0 Å². The highest BCUT2D eigenvalue weighted by molar-refractivity contribution is 7.90. The van der Waals surface area contributed by atoms with Gasteiger partial charge < -0.3 is 29.3 Å². The molecule has 3 aliphatic rings. The van der Waals surface area contributed by atoms with Crippen LogP contribution in [-0.4, -0.2) is 87.5 Å². The van der Waals surface area contributed by atoms with E-state index in [4.69, 9.17) is 31.4 Å². The van der Waals surface area contributed by atoms with Gasteiger partial charge in [0.15, 0.2) is 33.9 Å². The van der Waals surface area contributed by atoms with Gasteiger partial charge in [0.25, 0.3) is 10.0 Å². The summed E-state index contributed by atoms with van der Waals surface area (Å²) in [6.45, 7) is 4.87. The van der Waals surface area contributed by atoms with Gasteiger partial charge in [0.05, 0.1) is 50.3 Å². The van der Waals surface area contributed by atoms with Crippen LogP contribution in [0.15, 0.2) is 53.6 Å². The number of pyridine rings is 1. The second-order valence-electron chi connectivity index (χ2n) is 12.4. The topological polar surface area (TPSA) is 101 Å². The third-order valence-corrected chi connectivity index (χ3v) is 11.7. The number of methoxy groups -OCH3 is 2. The molecule has 0 atom stereocenters. The minimum atomic E-state index is -4.07. The van der Waals surface area contributed by atoms with Crippen LogP contribution in [0.5, 0.6) is 11.5 Å². The predicted molar refractivity (Wildman–Crippen MR) is 186 cm³/mol. The normalized spacial score (nSPS) is 17.8. The van der Waals surface area contributed by atoms with Gasteiger partial charge in [-0.2, -0.15) is 0 Å². The molecule has 2 fully saturated rings. The lowest BCUT2D eigenvalue weighted by atomic mass is 9.96. The minimum Gasteiger partial charge on any atom is -0.493 e. The summed E-state index contributed by atoms with van der Waals surface area (Å²) in [6.07, 6.45) is 3.35. The first-order valence-corrected chi connectivity index (χ1v) is 18.1. The van der Waals surface area contributed by atoms with Crippen molar-refractivity contribution in [3.8, 4) is 11.5 Å². The van der Waals surface area contributed by atoms with E-state index in [1.54, 1.807) is 36.5 Å². The van der Waals surface area contributed by atoms with Crippen LogP contribution < -0.4 is 24.6 Å². The molecule has 0 aliphatic carbocycles. The second kappa shape index (κ2) is 13.8. The Morgan fingerprint density at radius 3 is 2.33 bits per heavy atom. The zero-order valence-corrected chi connectivity index (χ0v) is 29.0. The molecule has 0 spiro atoms. The van der Waals surface area contributed by atoms with E-state index in [-0.39, 0.29) is 45.3 Å². The van der Waals surface area contributed by atoms with E-state index in [1.165, 1.54) is 29.2 Å². The molecule has 2 aromatic carbocycles. The summed E-state index contributed by atoms with van der Waals surface area (Å²) in [5.41, 5.74) is 1.75. The fraction of sp³-hybridized carbons (Fsp3) is 0.412. The molecule has 0 saturated carbocycles. The molecule has 15 heteroatoms. The molecule has 11 nitrogen and oxygen atoms in total. The van der Waals surface area contributed by atoms with E-state index in [9.17, 15) is 8.42 Å². The number of aromatic nitrogens is 2. The van der Waals surface area contributed by atoms with Crippen LogP contribution in [0.2, 0.25) is 0 Å². The maximum Gasteiger partial charge on any atom is 0.269 e. The van der Waals surface area contributed by atoms with E-state index in [1.807, 2.05) is 11.0 Å². The van der Waals surface area contributed by atoms with Gasteiger partial charge in [-0.3, -0.25) is 4.90 Å². The molecule has 0 bridgehead atoms. The largest absolute Gasteiger partial charge is 0.493 e. The van der Waals surface area contributed by atoms with Gasteiger partial charge in [0.1, 0.15) is 5.69 Å². The van der Waals surface area contributed by atoms with Crippen LogP contribution in [0.1, 0.15) is 24.1 Å². The Morgan fingerprint density at radius 2 is 1.67 bits per heavy atom. The van der Waals surface area contributed by atoms with E-state index in [0.29, 0.717) is 61.7 Å². The Morgan fingerprint density at radius 1 is 1.00 bits per heavy atom. The van der Waals surface area contributed by atoms with Crippen molar-refractivity contribution in [2.45, 2.75) is 30.8 Å². The average molecular weight is 713 g/mol. The number of ether oxygens (including phenoxy) is 3. The number of benzene rings is 2. The van der Waals surface area contributed by atoms with Crippen LogP contribution >= 0.6 is 12.2 Å². The molecule has 1 N–H and O–H groups in total. The number of hydrogen-bond donors (Lipinski definition) is 1. The molecule has 0 unspecified atom stereocenters. The van der Waals surface area contributed by atoms with Crippen LogP contribution in [-0.2, 0) is 27.8 Å². The summed E-state index contributed by atoms with van der Waals surface area (Å²) in [4.78, 5) is 10.3. The molecule has 260 valence electrons. The molecule has 49 heavy (non-hydrogen) atoms. The van der Waals surface area contributed by atoms with Crippen LogP contribution in [0.3, 0.4) is 0 Å². The van der Waals surface area contributed by atoms with Crippen molar-refractivity contribution in [1.82, 2.24) is 19.2 Å². The van der Waals surface area contributed by atoms with Crippen molar-refractivity contribution in [2.24, 2.45) is 5.92 Å². The van der Waals surface area contributed by atoms with Crippen molar-refractivity contribution in [3.63, 3.8) is 0 Å². The number of piperidine rings is 1. The SMILES string of the molecule is COc1cc(OC)c(F)c(N2Cc3cnc4c(cc(CN5CCOCC5)n4S(=O)(=O)c4ccccc4)c3N(CC3CCNCC3)C2=S)c1F. The molecule has 3 aliphatic heterocycles. The van der Waals surface area contributed by atoms with Crippen molar-refractivity contribution in [1.29, 1.82) is 0 Å². The van der Waals surface area contributed by atoms with Crippen molar-refractivity contribution < 1.29 is 31.4 Å². The van der Waals surface area contributed by atoms with Crippen LogP contribution in [0.4, 0.5) is 20.2 Å². The maximum atomic E-state index is 15.9. The lowest BCUT2D eigenvalue weighted by Crippen LogP contribution is -2.50. The van der Waals surface area contributed by atoms with Gasteiger partial charge in [-0.15, -0.1) is 0 Å². The summed E-state index contributed by atoms with van der Waals surface area (Å²) >= 11 is 6.09. The number of fused-ring (bicyclic) bond motifs is 3. The summed E-state index contributed by atoms with van der Waals surface area (Å²) < 4.78 is 77.9. The number of anilines is 2. The Balaban J connectivity index is 1.43. The molecule has 4 aromatic rings. The summed E-state index contributed by atoms with van der Waals surface area (Å²) in [5.74, 6) is -1.97. The molecule has 7 rings (SSSR count). The molecule has 0 amide bonds. The van der Waals surface area contributed by atoms with E-state index < -0.39 is 21.7 Å². The quantitative estimate of drug-likeness (QED) is 0.248. The van der Waals surface area contributed by atoms with Crippen molar-refractivity contribution in [2.75, 3.05) is 70.0 Å². The number of nitrogens with one attached hydrogen (secondary N) is 1. The van der Waals surface area contributed by atoms with Gasteiger partial charge in [-0.25, -0.2) is 26.2 Å². The smallest absolute Gasteiger partial charge is 0.269 e. The number of nitrogens with zero attached hydrogens (tertiary/aromatic N) is 5. The van der Waals surface area contributed by atoms with Crippen molar-refractivity contribution >= 4 is 49.8 Å². The fourth-order valence-electron chi connectivity index (χ4n) is 6.96. The van der Waals surface area contributed by atoms with Gasteiger partial charge in [-0.1, -0.05) is 18.2 Å². The molecule has 2 saturated heterocycles. The Kier molecular flexibility index (Phi) is 9.45. The maximum absolute atomic E-state index is 15.9. The molecular formula is C34H38F2N6O5S2. The summed E-state index contributed by atoms with van der Waals surface area (Å²) in [6, 6.07) is 11.3. The monoisotopic (exact) mass is 712 g/mol. The number of hydrogen-bond acceptors (Lipinski definition) is 9. The molecular weight excluding hydrogens is 675 g/mol. The molecule has 5 heterocycles. The fourth-order valence-corrected chi connectivity index (χ4v) is 8.78. The standard InChI is InChI=1S/C34H38F2N6O5S2/c1-45-27-17-28(46-2)30(36)32(29(27)35)41-20-23-18-38-33-26(31(23)40(34(41)48)19-22-8-10-37-11-9-22)16-24(21-39-12-14-47-15-13-39)42(33)49(43,44)25-6-4-3-5-7-25/h3-7,16-18,22,37H,8-15,19-21H2,1-2H3. The minimum absolute atomic E-state index is 0.0145. The van der Waals surface area contributed by atoms with Gasteiger partial charge in [0.2, 0.25) is 0 Å². The number of rotatable bonds is 9. The zero-order chi connectivity index (χ0) is 34.3. The van der Waals surface area contributed by atoms with Crippen LogP contribution in [0, 0.1) is 17.6 Å². The highest BCUT2D eigenvalue weighted by Gasteiger charge is 2.38. The predicted octanol–water partition coefficient (Wildman–Crippen LogP) is 4.51. The highest BCUT2D eigenvalue weighted by atomic mass is 32.2. The number of thiocarbonyl (C=S) groups is 1. The third kappa shape index (κ3) is 6.11. The molecule has 0 radical (unpaired) electrons. The number of morpholine rings is 1. The lowest BCUT2D eigenvalue weighted by molar-refractivity contribution is 0.0336. The first kappa shape index (κ1) is 33.6. The van der Waals surface area contributed by atoms with Gasteiger partial charge in [-0.05, 0) is 62.3 Å². The zero-order valence-electron chi connectivity index (χ0n) is 27.3. The van der Waals surface area contributed by atoms with E-state index in [2.05, 4.69) is 10.2 Å². The first-order valence-electron chi connectivity index (χ1n) is 16.3. The van der Waals surface area contributed by atoms with E-state index in [0.717, 1.165) is 25.9 Å². The third-order valence-electron chi connectivity index (χ3n) is 9.46. The Labute approximate surface area is 289 Å². The summed E-state index contributed by atoms with van der Waals surface area (Å²) in [7, 11) is -1.47. The second-order valence-corrected chi connectivity index (χ2v) is 14.6. The molecule has 2 aromatic heterocycles. The highest BCUT2D eigenvalue weighted by Crippen LogP contribution is 2.44. The first-order chi connectivity index (χ1) is 23.7. The number of halogens is 2. The van der Waals surface area contributed by atoms with Crippen molar-refractivity contribution in [3.05, 3.63) is 71.6 Å². The summed E-state index contributed by atoms with van der Waals surface area (Å²) in [5, 5.41) is 4.16.